The fourth-order valence-electron chi connectivity index (χ4n) is 1.29. The van der Waals surface area contributed by atoms with Crippen LogP contribution in [0.1, 0.15) is 37.6 Å². The zero-order valence-electron chi connectivity index (χ0n) is 10.8. The summed E-state index contributed by atoms with van der Waals surface area (Å²) in [7, 11) is 0. The van der Waals surface area contributed by atoms with Crippen LogP contribution in [0.2, 0.25) is 0 Å². The third-order valence-corrected chi connectivity index (χ3v) is 3.90. The normalized spacial score (nSPS) is 12.0. The van der Waals surface area contributed by atoms with Crippen LogP contribution in [0, 0.1) is 6.92 Å². The average molecular weight is 241 g/mol. The minimum absolute atomic E-state index is 0.0144. The van der Waals surface area contributed by atoms with E-state index in [1.807, 2.05) is 11.3 Å². The predicted octanol–water partition coefficient (Wildman–Crippen LogP) is 3.35. The number of ether oxygens (including phenoxy) is 1. The van der Waals surface area contributed by atoms with E-state index in [4.69, 9.17) is 4.74 Å². The van der Waals surface area contributed by atoms with E-state index in [1.54, 1.807) is 0 Å². The van der Waals surface area contributed by atoms with Crippen LogP contribution in [0.5, 0.6) is 0 Å². The summed E-state index contributed by atoms with van der Waals surface area (Å²) in [5, 5.41) is 5.55. The molecule has 0 saturated carbocycles. The van der Waals surface area contributed by atoms with E-state index in [0.717, 1.165) is 26.1 Å². The maximum absolute atomic E-state index is 5.77. The topological polar surface area (TPSA) is 21.3 Å². The highest BCUT2D eigenvalue weighted by molar-refractivity contribution is 7.10. The Morgan fingerprint density at radius 2 is 2.19 bits per heavy atom. The second kappa shape index (κ2) is 6.38. The van der Waals surface area contributed by atoms with Crippen LogP contribution in [0.3, 0.4) is 0 Å². The maximum Gasteiger partial charge on any atom is 0.0624 e. The molecule has 0 amide bonds. The average Bonchev–Trinajstić information content (AvgIpc) is 2.64. The molecular formula is C13H23NOS. The Morgan fingerprint density at radius 3 is 2.75 bits per heavy atom. The highest BCUT2D eigenvalue weighted by Gasteiger charge is 2.14. The number of nitrogens with one attached hydrogen (secondary N) is 1. The van der Waals surface area contributed by atoms with Gasteiger partial charge in [0.2, 0.25) is 0 Å². The van der Waals surface area contributed by atoms with E-state index in [-0.39, 0.29) is 5.60 Å². The smallest absolute Gasteiger partial charge is 0.0624 e. The van der Waals surface area contributed by atoms with Crippen molar-refractivity contribution in [1.29, 1.82) is 0 Å². The molecule has 0 aliphatic rings. The Hall–Kier alpha value is -0.380. The lowest BCUT2D eigenvalue weighted by Gasteiger charge is -2.23. The zero-order chi connectivity index (χ0) is 12.0. The van der Waals surface area contributed by atoms with Gasteiger partial charge in [0.25, 0.3) is 0 Å². The molecule has 0 fully saturated rings. The van der Waals surface area contributed by atoms with Gasteiger partial charge in [-0.2, -0.15) is 0 Å². The summed E-state index contributed by atoms with van der Waals surface area (Å²) in [5.41, 5.74) is 1.40. The van der Waals surface area contributed by atoms with E-state index in [9.17, 15) is 0 Å². The summed E-state index contributed by atoms with van der Waals surface area (Å²) in [4.78, 5) is 1.43. The molecule has 0 saturated heterocycles. The molecule has 0 radical (unpaired) electrons. The predicted molar refractivity (Wildman–Crippen MR) is 71.1 cm³/mol. The second-order valence-corrected chi connectivity index (χ2v) is 5.67. The number of hydrogen-bond acceptors (Lipinski definition) is 3. The molecule has 1 aromatic heterocycles. The van der Waals surface area contributed by atoms with E-state index in [2.05, 4.69) is 44.5 Å². The summed E-state index contributed by atoms with van der Waals surface area (Å²) in [5.74, 6) is 0. The SMILES string of the molecule is CCC(C)(C)OCCNCc1sccc1C. The Bertz CT molecular complexity index is 307. The summed E-state index contributed by atoms with van der Waals surface area (Å²) < 4.78 is 5.77. The van der Waals surface area contributed by atoms with Crippen molar-refractivity contribution in [3.8, 4) is 0 Å². The lowest BCUT2D eigenvalue weighted by atomic mass is 10.1. The minimum atomic E-state index is 0.0144. The Labute approximate surface area is 103 Å². The summed E-state index contributed by atoms with van der Waals surface area (Å²) >= 11 is 1.81. The van der Waals surface area contributed by atoms with Crippen molar-refractivity contribution >= 4 is 11.3 Å². The van der Waals surface area contributed by atoms with Crippen LogP contribution in [0.4, 0.5) is 0 Å². The van der Waals surface area contributed by atoms with Crippen LogP contribution in [0.15, 0.2) is 11.4 Å². The first kappa shape index (κ1) is 13.7. The standard InChI is InChI=1S/C13H23NOS/c1-5-13(3,4)15-8-7-14-10-12-11(2)6-9-16-12/h6,9,14H,5,7-8,10H2,1-4H3. The summed E-state index contributed by atoms with van der Waals surface area (Å²) in [6.07, 6.45) is 1.05. The molecule has 2 nitrogen and oxygen atoms in total. The van der Waals surface area contributed by atoms with Crippen molar-refractivity contribution in [2.24, 2.45) is 0 Å². The van der Waals surface area contributed by atoms with Gasteiger partial charge in [-0.25, -0.2) is 0 Å². The quantitative estimate of drug-likeness (QED) is 0.739. The molecule has 92 valence electrons. The molecule has 0 aromatic carbocycles. The molecule has 1 rings (SSSR count). The molecule has 1 N–H and O–H groups in total. The van der Waals surface area contributed by atoms with Gasteiger partial charge in [0.1, 0.15) is 0 Å². The van der Waals surface area contributed by atoms with Crippen molar-refractivity contribution in [3.63, 3.8) is 0 Å². The molecule has 0 spiro atoms. The first-order valence-electron chi connectivity index (χ1n) is 5.93. The number of hydrogen-bond donors (Lipinski definition) is 1. The van der Waals surface area contributed by atoms with Gasteiger partial charge in [-0.05, 0) is 44.2 Å². The molecule has 0 aliphatic carbocycles. The lowest BCUT2D eigenvalue weighted by Crippen LogP contribution is -2.28. The van der Waals surface area contributed by atoms with Crippen LogP contribution in [0.25, 0.3) is 0 Å². The van der Waals surface area contributed by atoms with E-state index in [0.29, 0.717) is 0 Å². The highest BCUT2D eigenvalue weighted by Crippen LogP contribution is 2.15. The maximum atomic E-state index is 5.77. The molecule has 1 heterocycles. The molecule has 0 bridgehead atoms. The molecule has 1 aromatic rings. The molecule has 0 aliphatic heterocycles. The van der Waals surface area contributed by atoms with Crippen LogP contribution >= 0.6 is 11.3 Å². The molecule has 0 atom stereocenters. The van der Waals surface area contributed by atoms with Crippen molar-refractivity contribution in [2.45, 2.75) is 46.3 Å². The van der Waals surface area contributed by atoms with Gasteiger partial charge in [0, 0.05) is 18.0 Å². The van der Waals surface area contributed by atoms with E-state index >= 15 is 0 Å². The largest absolute Gasteiger partial charge is 0.374 e. The second-order valence-electron chi connectivity index (χ2n) is 4.67. The van der Waals surface area contributed by atoms with Gasteiger partial charge in [-0.1, -0.05) is 6.92 Å². The van der Waals surface area contributed by atoms with Gasteiger partial charge in [0.05, 0.1) is 12.2 Å². The van der Waals surface area contributed by atoms with Crippen LogP contribution in [-0.4, -0.2) is 18.8 Å². The van der Waals surface area contributed by atoms with E-state index in [1.165, 1.54) is 10.4 Å². The Kier molecular flexibility index (Phi) is 5.46. The van der Waals surface area contributed by atoms with Crippen LogP contribution < -0.4 is 5.32 Å². The Morgan fingerprint density at radius 1 is 1.44 bits per heavy atom. The first-order valence-corrected chi connectivity index (χ1v) is 6.81. The molecular weight excluding hydrogens is 218 g/mol. The number of rotatable bonds is 7. The van der Waals surface area contributed by atoms with E-state index < -0.39 is 0 Å². The summed E-state index contributed by atoms with van der Waals surface area (Å²) in [6, 6.07) is 2.17. The lowest BCUT2D eigenvalue weighted by molar-refractivity contribution is -0.0180. The molecule has 16 heavy (non-hydrogen) atoms. The third kappa shape index (κ3) is 4.64. The first-order chi connectivity index (χ1) is 7.55. The summed E-state index contributed by atoms with van der Waals surface area (Å²) in [6.45, 7) is 11.2. The van der Waals surface area contributed by atoms with Gasteiger partial charge >= 0.3 is 0 Å². The Balaban J connectivity index is 2.11. The monoisotopic (exact) mass is 241 g/mol. The van der Waals surface area contributed by atoms with Crippen molar-refractivity contribution < 1.29 is 4.74 Å². The number of aryl methyl sites for hydroxylation is 1. The van der Waals surface area contributed by atoms with Gasteiger partial charge in [0.15, 0.2) is 0 Å². The highest BCUT2D eigenvalue weighted by atomic mass is 32.1. The zero-order valence-corrected chi connectivity index (χ0v) is 11.6. The van der Waals surface area contributed by atoms with Crippen molar-refractivity contribution in [3.05, 3.63) is 21.9 Å². The van der Waals surface area contributed by atoms with Gasteiger partial charge in [-0.15, -0.1) is 11.3 Å². The van der Waals surface area contributed by atoms with Crippen molar-refractivity contribution in [1.82, 2.24) is 5.32 Å². The molecule has 3 heteroatoms. The third-order valence-electron chi connectivity index (χ3n) is 2.88. The molecule has 0 unspecified atom stereocenters. The van der Waals surface area contributed by atoms with Crippen molar-refractivity contribution in [2.75, 3.05) is 13.2 Å². The van der Waals surface area contributed by atoms with Gasteiger partial charge in [-0.3, -0.25) is 0 Å². The number of thiophene rings is 1. The van der Waals surface area contributed by atoms with Crippen LogP contribution in [-0.2, 0) is 11.3 Å². The minimum Gasteiger partial charge on any atom is -0.374 e. The fourth-order valence-corrected chi connectivity index (χ4v) is 2.16. The fraction of sp³-hybridized carbons (Fsp3) is 0.692. The van der Waals surface area contributed by atoms with Gasteiger partial charge < -0.3 is 10.1 Å².